The highest BCUT2D eigenvalue weighted by atomic mass is 16.5. The van der Waals surface area contributed by atoms with Gasteiger partial charge >= 0.3 is 5.97 Å². The third-order valence-electron chi connectivity index (χ3n) is 0.357. The zero-order chi connectivity index (χ0) is 5.15. The number of rotatable bonds is 1. The summed E-state index contributed by atoms with van der Waals surface area (Å²) in [7, 11) is 0. The van der Waals surface area contributed by atoms with E-state index in [9.17, 15) is 4.79 Å². The van der Waals surface area contributed by atoms with Gasteiger partial charge in [-0.2, -0.15) is 0 Å². The normalized spacial score (nSPS) is 13.7. The minimum atomic E-state index is -1.23. The predicted molar refractivity (Wildman–Crippen MR) is 19.3 cm³/mol. The molecule has 0 aromatic carbocycles. The van der Waals surface area contributed by atoms with E-state index in [1.165, 1.54) is 6.92 Å². The Bertz CT molecular complexity index is 57.1. The van der Waals surface area contributed by atoms with Gasteiger partial charge in [-0.15, -0.1) is 0 Å². The average molecular weight is 93.1 g/mol. The van der Waals surface area contributed by atoms with Crippen molar-refractivity contribution in [3.63, 3.8) is 0 Å². The lowest BCUT2D eigenvalue weighted by molar-refractivity contribution is -0.145. The fourth-order valence-corrected chi connectivity index (χ4v) is 0. The Morgan fingerprint density at radius 1 is 1.83 bits per heavy atom. The molecule has 0 aromatic heterocycles. The Labute approximate surface area is 35.2 Å². The molecular formula is C3H6O3. The number of aliphatic hydroxyl groups is 1. The molecule has 0 rings (SSSR count). The molecule has 0 amide bonds. The molecule has 0 fully saturated rings. The molecule has 0 saturated heterocycles. The molecule has 1 unspecified atom stereocenters. The number of hydrogen-bond donors (Lipinski definition) is 2. The molecule has 36 valence electrons. The van der Waals surface area contributed by atoms with Crippen LogP contribution in [-0.2, 0) is 4.79 Å². The van der Waals surface area contributed by atoms with Crippen molar-refractivity contribution in [2.24, 2.45) is 0 Å². The summed E-state index contributed by atoms with van der Waals surface area (Å²) in [5.41, 5.74) is 0. The molecule has 2 N–H and O–H groups in total. The standard InChI is InChI=1S/C3H6O3/c1-2(4)3(5)6/h2,4H,1H3,(H,5,6)/i1+1,2+1,3+1. The molecule has 6 heavy (non-hydrogen) atoms. The van der Waals surface area contributed by atoms with Crippen molar-refractivity contribution in [1.29, 1.82) is 0 Å². The van der Waals surface area contributed by atoms with Crippen molar-refractivity contribution in [2.45, 2.75) is 13.0 Å². The molecule has 0 aliphatic heterocycles. The maximum absolute atomic E-state index is 9.45. The van der Waals surface area contributed by atoms with Gasteiger partial charge in [0.2, 0.25) is 0 Å². The number of carboxylic acid groups (broad SMARTS) is 1. The monoisotopic (exact) mass is 93.0 g/mol. The summed E-state index contributed by atoms with van der Waals surface area (Å²) in [4.78, 5) is 9.45. The molecule has 0 bridgehead atoms. The second-order valence-corrected chi connectivity index (χ2v) is 1.01. The van der Waals surface area contributed by atoms with Gasteiger partial charge in [0.15, 0.2) is 0 Å². The van der Waals surface area contributed by atoms with E-state index in [2.05, 4.69) is 0 Å². The van der Waals surface area contributed by atoms with Gasteiger partial charge in [0.05, 0.1) is 0 Å². The third kappa shape index (κ3) is 1.72. The first-order valence-corrected chi connectivity index (χ1v) is 1.55. The Morgan fingerprint density at radius 2 is 2.00 bits per heavy atom. The summed E-state index contributed by atoms with van der Waals surface area (Å²) >= 11 is 0. The summed E-state index contributed by atoms with van der Waals surface area (Å²) in [6, 6.07) is 0. The van der Waals surface area contributed by atoms with Crippen molar-refractivity contribution in [3.05, 3.63) is 0 Å². The Kier molecular flexibility index (Phi) is 1.60. The molecule has 1 atom stereocenters. The largest absolute Gasteiger partial charge is 0.479 e. The van der Waals surface area contributed by atoms with Gasteiger partial charge < -0.3 is 10.2 Å². The molecule has 3 nitrogen and oxygen atoms in total. The fraction of sp³-hybridized carbons (Fsp3) is 0.667. The fourth-order valence-electron chi connectivity index (χ4n) is 0. The van der Waals surface area contributed by atoms with Crippen molar-refractivity contribution in [3.8, 4) is 0 Å². The summed E-state index contributed by atoms with van der Waals surface area (Å²) in [5, 5.41) is 15.8. The smallest absolute Gasteiger partial charge is 0.332 e. The van der Waals surface area contributed by atoms with Crippen LogP contribution in [0.5, 0.6) is 0 Å². The van der Waals surface area contributed by atoms with Crippen LogP contribution in [0, 0.1) is 0 Å². The van der Waals surface area contributed by atoms with E-state index in [-0.39, 0.29) is 0 Å². The molecule has 0 saturated carbocycles. The van der Waals surface area contributed by atoms with Crippen LogP contribution >= 0.6 is 0 Å². The number of carbonyl (C=O) groups is 1. The van der Waals surface area contributed by atoms with Crippen molar-refractivity contribution in [2.75, 3.05) is 0 Å². The molecular weight excluding hydrogens is 87.0 g/mol. The highest BCUT2D eigenvalue weighted by Gasteiger charge is 2.01. The average Bonchev–Trinajstić information content (AvgIpc) is 1.36. The van der Waals surface area contributed by atoms with E-state index >= 15 is 0 Å². The Balaban J connectivity index is 3.26. The number of aliphatic hydroxyl groups excluding tert-OH is 1. The maximum atomic E-state index is 9.45. The van der Waals surface area contributed by atoms with Crippen molar-refractivity contribution >= 4 is 5.97 Å². The topological polar surface area (TPSA) is 57.5 Å². The van der Waals surface area contributed by atoms with Crippen LogP contribution in [0.3, 0.4) is 0 Å². The summed E-state index contributed by atoms with van der Waals surface area (Å²) < 4.78 is 0. The number of hydrogen-bond acceptors (Lipinski definition) is 2. The van der Waals surface area contributed by atoms with Crippen LogP contribution in [0.1, 0.15) is 6.92 Å². The SMILES string of the molecule is [13CH3][13CH](O)[13C](=O)O. The van der Waals surface area contributed by atoms with Crippen molar-refractivity contribution in [1.82, 2.24) is 0 Å². The number of carboxylic acids is 1. The quantitative estimate of drug-likeness (QED) is 0.428. The lowest BCUT2D eigenvalue weighted by Gasteiger charge is -1.89. The summed E-state index contributed by atoms with van der Waals surface area (Å²) in [5.74, 6) is -1.19. The lowest BCUT2D eigenvalue weighted by atomic mass is 11.4. The Morgan fingerprint density at radius 3 is 2.00 bits per heavy atom. The second-order valence-electron chi connectivity index (χ2n) is 1.01. The molecule has 0 aliphatic rings. The zero-order valence-corrected chi connectivity index (χ0v) is 3.38. The first-order valence-electron chi connectivity index (χ1n) is 1.55. The Hall–Kier alpha value is -0.570. The van der Waals surface area contributed by atoms with E-state index < -0.39 is 12.1 Å². The van der Waals surface area contributed by atoms with Crippen LogP contribution in [-0.4, -0.2) is 22.3 Å². The minimum absolute atomic E-state index is 1.19. The lowest BCUT2D eigenvalue weighted by Crippen LogP contribution is -2.13. The highest BCUT2D eigenvalue weighted by molar-refractivity contribution is 5.71. The highest BCUT2D eigenvalue weighted by Crippen LogP contribution is 1.73. The van der Waals surface area contributed by atoms with Crippen LogP contribution in [0.2, 0.25) is 0 Å². The molecule has 0 heterocycles. The van der Waals surface area contributed by atoms with Gasteiger partial charge in [-0.05, 0) is 6.92 Å². The van der Waals surface area contributed by atoms with Gasteiger partial charge in [-0.25, -0.2) is 4.79 Å². The van der Waals surface area contributed by atoms with Gasteiger partial charge in [0, 0.05) is 0 Å². The van der Waals surface area contributed by atoms with Crippen LogP contribution in [0.4, 0.5) is 0 Å². The second kappa shape index (κ2) is 1.77. The minimum Gasteiger partial charge on any atom is -0.479 e. The van der Waals surface area contributed by atoms with Gasteiger partial charge in [0.1, 0.15) is 6.10 Å². The summed E-state index contributed by atoms with van der Waals surface area (Å²) in [6.45, 7) is 1.20. The van der Waals surface area contributed by atoms with Crippen LogP contribution < -0.4 is 0 Å². The van der Waals surface area contributed by atoms with E-state index in [4.69, 9.17) is 10.2 Å². The maximum Gasteiger partial charge on any atom is 0.332 e. The van der Waals surface area contributed by atoms with E-state index in [1.807, 2.05) is 0 Å². The van der Waals surface area contributed by atoms with Crippen molar-refractivity contribution < 1.29 is 15.0 Å². The van der Waals surface area contributed by atoms with Gasteiger partial charge in [0.25, 0.3) is 0 Å². The van der Waals surface area contributed by atoms with Crippen LogP contribution in [0.15, 0.2) is 0 Å². The molecule has 0 aliphatic carbocycles. The molecule has 3 heteroatoms. The van der Waals surface area contributed by atoms with Crippen LogP contribution in [0.25, 0.3) is 0 Å². The molecule has 0 spiro atoms. The first kappa shape index (κ1) is 5.43. The van der Waals surface area contributed by atoms with E-state index in [0.29, 0.717) is 0 Å². The van der Waals surface area contributed by atoms with E-state index in [0.717, 1.165) is 0 Å². The van der Waals surface area contributed by atoms with E-state index in [1.54, 1.807) is 0 Å². The molecule has 0 radical (unpaired) electrons. The van der Waals surface area contributed by atoms with Gasteiger partial charge in [-0.1, -0.05) is 0 Å². The predicted octanol–water partition coefficient (Wildman–Crippen LogP) is -0.548. The molecule has 0 aromatic rings. The summed E-state index contributed by atoms with van der Waals surface area (Å²) in [6.07, 6.45) is -1.23. The zero-order valence-electron chi connectivity index (χ0n) is 3.38. The van der Waals surface area contributed by atoms with Gasteiger partial charge in [-0.3, -0.25) is 0 Å². The first-order chi connectivity index (χ1) is 2.64. The third-order valence-corrected chi connectivity index (χ3v) is 0.357. The number of aliphatic carboxylic acids is 1.